The third-order valence-corrected chi connectivity index (χ3v) is 3.79. The first-order valence-corrected chi connectivity index (χ1v) is 6.85. The van der Waals surface area contributed by atoms with Crippen LogP contribution in [0, 0.1) is 0 Å². The molecule has 5 nitrogen and oxygen atoms in total. The number of hydrogen-bond acceptors (Lipinski definition) is 5. The molecule has 3 rings (SSSR count). The molecule has 2 N–H and O–H groups in total. The van der Waals surface area contributed by atoms with E-state index >= 15 is 0 Å². The van der Waals surface area contributed by atoms with Gasteiger partial charge < -0.3 is 10.2 Å². The van der Waals surface area contributed by atoms with Crippen molar-refractivity contribution >= 4 is 23.5 Å². The molecule has 0 radical (unpaired) electrons. The Morgan fingerprint density at radius 3 is 3.24 bits per heavy atom. The largest absolute Gasteiger partial charge is 0.348 e. The molecule has 0 bridgehead atoms. The van der Waals surface area contributed by atoms with Gasteiger partial charge in [0.25, 0.3) is 5.91 Å². The average molecular weight is 250 g/mol. The van der Waals surface area contributed by atoms with Crippen molar-refractivity contribution in [3.8, 4) is 0 Å². The van der Waals surface area contributed by atoms with E-state index in [9.17, 15) is 4.79 Å². The standard InChI is InChI=1S/C11H14N4OS/c1-17-9-3-2-7-10(14-9)15-5-4-12-8(15)6-13-11(7)16/h2-3,8,12H,4-6H2,1H3,(H,13,16)/t8-/m0/s1. The van der Waals surface area contributed by atoms with Crippen molar-refractivity contribution < 1.29 is 4.79 Å². The van der Waals surface area contributed by atoms with E-state index in [1.54, 1.807) is 11.8 Å². The molecule has 1 atom stereocenters. The summed E-state index contributed by atoms with van der Waals surface area (Å²) in [5.41, 5.74) is 0.675. The first-order chi connectivity index (χ1) is 8.29. The molecule has 1 aromatic heterocycles. The molecule has 6 heteroatoms. The second-order valence-corrected chi connectivity index (χ2v) is 4.92. The monoisotopic (exact) mass is 250 g/mol. The molecule has 0 aromatic carbocycles. The topological polar surface area (TPSA) is 57.3 Å². The van der Waals surface area contributed by atoms with Crippen LogP contribution in [0.4, 0.5) is 5.82 Å². The summed E-state index contributed by atoms with van der Waals surface area (Å²) in [4.78, 5) is 18.7. The maximum absolute atomic E-state index is 11.9. The molecule has 3 heterocycles. The lowest BCUT2D eigenvalue weighted by molar-refractivity contribution is 0.0954. The van der Waals surface area contributed by atoms with Crippen molar-refractivity contribution in [1.29, 1.82) is 0 Å². The molecule has 90 valence electrons. The van der Waals surface area contributed by atoms with Gasteiger partial charge in [-0.1, -0.05) is 0 Å². The second-order valence-electron chi connectivity index (χ2n) is 4.10. The molecule has 0 spiro atoms. The highest BCUT2D eigenvalue weighted by Crippen LogP contribution is 2.26. The van der Waals surface area contributed by atoms with Gasteiger partial charge in [-0.15, -0.1) is 11.8 Å². The normalized spacial score (nSPS) is 22.8. The van der Waals surface area contributed by atoms with Crippen LogP contribution in [0.25, 0.3) is 0 Å². The molecule has 0 saturated carbocycles. The van der Waals surface area contributed by atoms with Crippen molar-refractivity contribution in [1.82, 2.24) is 15.6 Å². The first-order valence-electron chi connectivity index (χ1n) is 5.63. The molecule has 2 aliphatic rings. The number of rotatable bonds is 1. The number of hydrogen-bond donors (Lipinski definition) is 2. The summed E-state index contributed by atoms with van der Waals surface area (Å²) < 4.78 is 0. The minimum Gasteiger partial charge on any atom is -0.348 e. The van der Waals surface area contributed by atoms with Crippen molar-refractivity contribution in [3.63, 3.8) is 0 Å². The second kappa shape index (κ2) is 4.19. The fourth-order valence-corrected chi connectivity index (χ4v) is 2.66. The first kappa shape index (κ1) is 10.9. The molecule has 1 amide bonds. The van der Waals surface area contributed by atoms with Crippen molar-refractivity contribution in [2.75, 3.05) is 30.8 Å². The SMILES string of the molecule is CSc1ccc2c(n1)N1CCN[C@@H]1CNC2=O. The third kappa shape index (κ3) is 1.77. The zero-order valence-electron chi connectivity index (χ0n) is 9.56. The van der Waals surface area contributed by atoms with Crippen LogP contribution >= 0.6 is 11.8 Å². The van der Waals surface area contributed by atoms with E-state index in [2.05, 4.69) is 20.5 Å². The molecular formula is C11H14N4OS. The van der Waals surface area contributed by atoms with E-state index < -0.39 is 0 Å². The highest BCUT2D eigenvalue weighted by Gasteiger charge is 2.32. The lowest BCUT2D eigenvalue weighted by atomic mass is 10.2. The maximum atomic E-state index is 11.9. The number of anilines is 1. The molecule has 1 saturated heterocycles. The third-order valence-electron chi connectivity index (χ3n) is 3.14. The van der Waals surface area contributed by atoms with E-state index in [-0.39, 0.29) is 12.1 Å². The summed E-state index contributed by atoms with van der Waals surface area (Å²) in [6.45, 7) is 2.46. The number of amides is 1. The number of nitrogens with one attached hydrogen (secondary N) is 2. The van der Waals surface area contributed by atoms with Crippen molar-refractivity contribution in [3.05, 3.63) is 17.7 Å². The quantitative estimate of drug-likeness (QED) is 0.701. The number of aromatic nitrogens is 1. The van der Waals surface area contributed by atoms with E-state index in [1.165, 1.54) is 0 Å². The summed E-state index contributed by atoms with van der Waals surface area (Å²) in [5, 5.41) is 7.23. The van der Waals surface area contributed by atoms with Crippen LogP contribution in [0.15, 0.2) is 17.2 Å². The number of thioether (sulfide) groups is 1. The molecular weight excluding hydrogens is 236 g/mol. The summed E-state index contributed by atoms with van der Waals surface area (Å²) in [6, 6.07) is 3.76. The summed E-state index contributed by atoms with van der Waals surface area (Å²) in [5.74, 6) is 0.776. The van der Waals surface area contributed by atoms with Gasteiger partial charge >= 0.3 is 0 Å². The number of fused-ring (bicyclic) bond motifs is 3. The van der Waals surface area contributed by atoms with Crippen LogP contribution in [-0.2, 0) is 0 Å². The lowest BCUT2D eigenvalue weighted by Gasteiger charge is -2.23. The van der Waals surface area contributed by atoms with Gasteiger partial charge in [0.2, 0.25) is 0 Å². The van der Waals surface area contributed by atoms with Gasteiger partial charge in [0.05, 0.1) is 23.3 Å². The maximum Gasteiger partial charge on any atom is 0.255 e. The van der Waals surface area contributed by atoms with Crippen molar-refractivity contribution in [2.45, 2.75) is 11.2 Å². The summed E-state index contributed by atoms with van der Waals surface area (Å²) in [7, 11) is 0. The van der Waals surface area contributed by atoms with Gasteiger partial charge in [-0.05, 0) is 18.4 Å². The average Bonchev–Trinajstić information content (AvgIpc) is 2.79. The minimum atomic E-state index is -0.0312. The van der Waals surface area contributed by atoms with E-state index in [0.717, 1.165) is 23.9 Å². The van der Waals surface area contributed by atoms with Gasteiger partial charge in [0, 0.05) is 13.1 Å². The van der Waals surface area contributed by atoms with Crippen LogP contribution in [0.1, 0.15) is 10.4 Å². The number of carbonyl (C=O) groups excluding carboxylic acids is 1. The van der Waals surface area contributed by atoms with Gasteiger partial charge in [0.15, 0.2) is 0 Å². The Balaban J connectivity index is 2.10. The van der Waals surface area contributed by atoms with Crippen LogP contribution in [0.2, 0.25) is 0 Å². The zero-order valence-corrected chi connectivity index (χ0v) is 10.4. The molecule has 1 fully saturated rings. The fraction of sp³-hybridized carbons (Fsp3) is 0.455. The Morgan fingerprint density at radius 1 is 1.53 bits per heavy atom. The number of carbonyl (C=O) groups is 1. The molecule has 1 aromatic rings. The zero-order chi connectivity index (χ0) is 11.8. The molecule has 2 aliphatic heterocycles. The van der Waals surface area contributed by atoms with E-state index in [4.69, 9.17) is 0 Å². The smallest absolute Gasteiger partial charge is 0.255 e. The Hall–Kier alpha value is -1.27. The minimum absolute atomic E-state index is 0.0312. The molecule has 0 unspecified atom stereocenters. The fourth-order valence-electron chi connectivity index (χ4n) is 2.28. The van der Waals surface area contributed by atoms with Crippen molar-refractivity contribution in [2.24, 2.45) is 0 Å². The van der Waals surface area contributed by atoms with Gasteiger partial charge in [-0.3, -0.25) is 10.1 Å². The number of nitrogens with zero attached hydrogens (tertiary/aromatic N) is 2. The van der Waals surface area contributed by atoms with E-state index in [0.29, 0.717) is 12.1 Å². The van der Waals surface area contributed by atoms with Gasteiger partial charge in [0.1, 0.15) is 5.82 Å². The molecule has 0 aliphatic carbocycles. The highest BCUT2D eigenvalue weighted by molar-refractivity contribution is 7.98. The predicted molar refractivity (Wildman–Crippen MR) is 67.5 cm³/mol. The van der Waals surface area contributed by atoms with Crippen LogP contribution in [-0.4, -0.2) is 42.9 Å². The lowest BCUT2D eigenvalue weighted by Crippen LogP contribution is -2.42. The Kier molecular flexibility index (Phi) is 2.68. The Bertz CT molecular complexity index is 465. The summed E-state index contributed by atoms with van der Waals surface area (Å²) in [6.07, 6.45) is 2.16. The Labute approximate surface area is 104 Å². The van der Waals surface area contributed by atoms with E-state index in [1.807, 2.05) is 18.4 Å². The highest BCUT2D eigenvalue weighted by atomic mass is 32.2. The Morgan fingerprint density at radius 2 is 2.41 bits per heavy atom. The number of pyridine rings is 1. The van der Waals surface area contributed by atoms with Crippen LogP contribution < -0.4 is 15.5 Å². The predicted octanol–water partition coefficient (Wildman–Crippen LogP) is 0.283. The van der Waals surface area contributed by atoms with Gasteiger partial charge in [-0.2, -0.15) is 0 Å². The summed E-state index contributed by atoms with van der Waals surface area (Å²) >= 11 is 1.59. The van der Waals surface area contributed by atoms with Crippen LogP contribution in [0.3, 0.4) is 0 Å². The van der Waals surface area contributed by atoms with Crippen LogP contribution in [0.5, 0.6) is 0 Å². The molecule has 17 heavy (non-hydrogen) atoms. The van der Waals surface area contributed by atoms with Gasteiger partial charge in [-0.25, -0.2) is 4.98 Å².